The number of nitrogens with one attached hydrogen (secondary N) is 2. The predicted octanol–water partition coefficient (Wildman–Crippen LogP) is 0.253. The van der Waals surface area contributed by atoms with E-state index < -0.39 is 0 Å². The van der Waals surface area contributed by atoms with Crippen LogP contribution < -0.4 is 16.4 Å². The van der Waals surface area contributed by atoms with Crippen LogP contribution in [-0.2, 0) is 25.7 Å². The molecular formula is C15H23N3O4. The molecule has 0 aliphatic rings. The molecule has 1 aromatic carbocycles. The van der Waals surface area contributed by atoms with Gasteiger partial charge in [0.25, 0.3) is 0 Å². The largest absolute Gasteiger partial charge is 0.379 e. The summed E-state index contributed by atoms with van der Waals surface area (Å²) in [4.78, 5) is 22.6. The van der Waals surface area contributed by atoms with Crippen molar-refractivity contribution in [3.63, 3.8) is 0 Å². The lowest BCUT2D eigenvalue weighted by Crippen LogP contribution is -2.36. The van der Waals surface area contributed by atoms with Gasteiger partial charge in [-0.15, -0.1) is 0 Å². The zero-order valence-corrected chi connectivity index (χ0v) is 12.8. The molecule has 7 heteroatoms. The van der Waals surface area contributed by atoms with Gasteiger partial charge in [0, 0.05) is 12.3 Å². The average Bonchev–Trinajstić information content (AvgIpc) is 2.52. The van der Waals surface area contributed by atoms with Gasteiger partial charge < -0.3 is 25.8 Å². The number of rotatable bonds is 10. The van der Waals surface area contributed by atoms with Crippen LogP contribution in [0.5, 0.6) is 0 Å². The third-order valence-corrected chi connectivity index (χ3v) is 2.69. The summed E-state index contributed by atoms with van der Waals surface area (Å²) in [5.41, 5.74) is 6.74. The first-order chi connectivity index (χ1) is 10.7. The molecule has 0 aliphatic carbocycles. The van der Waals surface area contributed by atoms with Gasteiger partial charge in [-0.1, -0.05) is 12.1 Å². The van der Waals surface area contributed by atoms with E-state index >= 15 is 0 Å². The highest BCUT2D eigenvalue weighted by atomic mass is 16.5. The number of benzene rings is 1. The molecule has 0 radical (unpaired) electrons. The van der Waals surface area contributed by atoms with Crippen LogP contribution in [0, 0.1) is 0 Å². The van der Waals surface area contributed by atoms with E-state index in [2.05, 4.69) is 10.6 Å². The smallest absolute Gasteiger partial charge is 0.243 e. The summed E-state index contributed by atoms with van der Waals surface area (Å²) in [6.07, 6.45) is 0. The summed E-state index contributed by atoms with van der Waals surface area (Å²) in [6.45, 7) is 3.89. The molecule has 0 unspecified atom stereocenters. The van der Waals surface area contributed by atoms with E-state index in [4.69, 9.17) is 15.2 Å². The van der Waals surface area contributed by atoms with Crippen molar-refractivity contribution >= 4 is 17.5 Å². The van der Waals surface area contributed by atoms with E-state index in [0.717, 1.165) is 5.56 Å². The summed E-state index contributed by atoms with van der Waals surface area (Å²) >= 11 is 0. The molecule has 0 saturated heterocycles. The van der Waals surface area contributed by atoms with Gasteiger partial charge in [-0.3, -0.25) is 9.59 Å². The van der Waals surface area contributed by atoms with E-state index in [0.29, 0.717) is 32.1 Å². The summed E-state index contributed by atoms with van der Waals surface area (Å²) in [5.74, 6) is -0.678. The maximum Gasteiger partial charge on any atom is 0.243 e. The van der Waals surface area contributed by atoms with Crippen LogP contribution in [0.15, 0.2) is 24.3 Å². The molecule has 0 aromatic heterocycles. The van der Waals surface area contributed by atoms with E-state index in [1.165, 1.54) is 0 Å². The maximum atomic E-state index is 11.7. The molecule has 0 saturated carbocycles. The Kier molecular flexibility index (Phi) is 8.82. The van der Waals surface area contributed by atoms with Gasteiger partial charge in [-0.25, -0.2) is 0 Å². The van der Waals surface area contributed by atoms with Crippen molar-refractivity contribution < 1.29 is 19.1 Å². The first-order valence-corrected chi connectivity index (χ1v) is 7.16. The standard InChI is InChI=1S/C15H23N3O4/c1-2-21-6-7-22-11-12-4-3-5-13(8-12)18-15(20)10-17-14(19)9-16/h3-5,8H,2,6-7,9-11,16H2,1H3,(H,17,19)(H,18,20). The molecule has 1 aromatic rings. The minimum Gasteiger partial charge on any atom is -0.379 e. The summed E-state index contributed by atoms with van der Waals surface area (Å²) < 4.78 is 10.6. The summed E-state index contributed by atoms with van der Waals surface area (Å²) in [6, 6.07) is 7.33. The van der Waals surface area contributed by atoms with Gasteiger partial charge in [-0.05, 0) is 24.6 Å². The number of nitrogens with two attached hydrogens (primary N) is 1. The molecule has 0 bridgehead atoms. The Balaban J connectivity index is 2.36. The Labute approximate surface area is 130 Å². The van der Waals surface area contributed by atoms with Crippen molar-refractivity contribution in [1.82, 2.24) is 5.32 Å². The number of amides is 2. The second-order valence-electron chi connectivity index (χ2n) is 4.48. The third kappa shape index (κ3) is 7.72. The van der Waals surface area contributed by atoms with Gasteiger partial charge >= 0.3 is 0 Å². The number of hydrogen-bond donors (Lipinski definition) is 3. The van der Waals surface area contributed by atoms with Crippen molar-refractivity contribution in [2.75, 3.05) is 38.2 Å². The second-order valence-corrected chi connectivity index (χ2v) is 4.48. The normalized spacial score (nSPS) is 10.3. The number of carbonyl (C=O) groups excluding carboxylic acids is 2. The molecule has 0 spiro atoms. The number of anilines is 1. The zero-order chi connectivity index (χ0) is 16.2. The predicted molar refractivity (Wildman–Crippen MR) is 83.3 cm³/mol. The fourth-order valence-corrected chi connectivity index (χ4v) is 1.65. The van der Waals surface area contributed by atoms with Crippen LogP contribution in [-0.4, -0.2) is 44.7 Å². The molecule has 122 valence electrons. The molecule has 0 heterocycles. The second kappa shape index (κ2) is 10.7. The molecular weight excluding hydrogens is 286 g/mol. The summed E-state index contributed by atoms with van der Waals surface area (Å²) in [5, 5.41) is 5.10. The molecule has 2 amide bonds. The van der Waals surface area contributed by atoms with Gasteiger partial charge in [0.1, 0.15) is 0 Å². The monoisotopic (exact) mass is 309 g/mol. The Hall–Kier alpha value is -1.96. The Morgan fingerprint density at radius 2 is 1.95 bits per heavy atom. The fourth-order valence-electron chi connectivity index (χ4n) is 1.65. The van der Waals surface area contributed by atoms with E-state index in [1.54, 1.807) is 6.07 Å². The van der Waals surface area contributed by atoms with Gasteiger partial charge in [-0.2, -0.15) is 0 Å². The van der Waals surface area contributed by atoms with E-state index in [1.807, 2.05) is 25.1 Å². The minimum absolute atomic E-state index is 0.106. The SMILES string of the molecule is CCOCCOCc1cccc(NC(=O)CNC(=O)CN)c1. The lowest BCUT2D eigenvalue weighted by atomic mass is 10.2. The highest BCUT2D eigenvalue weighted by Gasteiger charge is 2.05. The van der Waals surface area contributed by atoms with E-state index in [-0.39, 0.29) is 24.9 Å². The van der Waals surface area contributed by atoms with Crippen LogP contribution in [0.1, 0.15) is 12.5 Å². The third-order valence-electron chi connectivity index (χ3n) is 2.69. The van der Waals surface area contributed by atoms with Gasteiger partial charge in [0.15, 0.2) is 0 Å². The molecule has 0 fully saturated rings. The first-order valence-electron chi connectivity index (χ1n) is 7.16. The van der Waals surface area contributed by atoms with Crippen molar-refractivity contribution in [3.8, 4) is 0 Å². The average molecular weight is 309 g/mol. The van der Waals surface area contributed by atoms with E-state index in [9.17, 15) is 9.59 Å². The van der Waals surface area contributed by atoms with Crippen LogP contribution in [0.2, 0.25) is 0 Å². The van der Waals surface area contributed by atoms with Crippen molar-refractivity contribution in [2.45, 2.75) is 13.5 Å². The molecule has 0 atom stereocenters. The number of carbonyl (C=O) groups is 2. The fraction of sp³-hybridized carbons (Fsp3) is 0.467. The van der Waals surface area contributed by atoms with Crippen LogP contribution in [0.4, 0.5) is 5.69 Å². The minimum atomic E-state index is -0.369. The van der Waals surface area contributed by atoms with Crippen molar-refractivity contribution in [1.29, 1.82) is 0 Å². The maximum absolute atomic E-state index is 11.7. The Morgan fingerprint density at radius 3 is 2.68 bits per heavy atom. The van der Waals surface area contributed by atoms with Crippen molar-refractivity contribution in [3.05, 3.63) is 29.8 Å². The number of ether oxygens (including phenoxy) is 2. The lowest BCUT2D eigenvalue weighted by molar-refractivity contribution is -0.123. The summed E-state index contributed by atoms with van der Waals surface area (Å²) in [7, 11) is 0. The Bertz CT molecular complexity index is 480. The highest BCUT2D eigenvalue weighted by Crippen LogP contribution is 2.11. The molecule has 1 rings (SSSR count). The van der Waals surface area contributed by atoms with Crippen LogP contribution >= 0.6 is 0 Å². The topological polar surface area (TPSA) is 103 Å². The Morgan fingerprint density at radius 1 is 1.18 bits per heavy atom. The van der Waals surface area contributed by atoms with Gasteiger partial charge in [0.2, 0.25) is 11.8 Å². The highest BCUT2D eigenvalue weighted by molar-refractivity contribution is 5.94. The van der Waals surface area contributed by atoms with Gasteiger partial charge in [0.05, 0.1) is 32.9 Å². The van der Waals surface area contributed by atoms with Crippen LogP contribution in [0.3, 0.4) is 0 Å². The van der Waals surface area contributed by atoms with Crippen molar-refractivity contribution in [2.24, 2.45) is 5.73 Å². The molecule has 22 heavy (non-hydrogen) atoms. The zero-order valence-electron chi connectivity index (χ0n) is 12.8. The molecule has 7 nitrogen and oxygen atoms in total. The molecule has 0 aliphatic heterocycles. The molecule has 4 N–H and O–H groups in total. The lowest BCUT2D eigenvalue weighted by Gasteiger charge is -2.09. The first kappa shape index (κ1) is 18.1. The number of hydrogen-bond acceptors (Lipinski definition) is 5. The quantitative estimate of drug-likeness (QED) is 0.538. The van der Waals surface area contributed by atoms with Crippen LogP contribution in [0.25, 0.3) is 0 Å².